The number of hydrogen-bond acceptors (Lipinski definition) is 4. The molecule has 1 N–H and O–H groups in total. The normalized spacial score (nSPS) is 27.1. The predicted octanol–water partition coefficient (Wildman–Crippen LogP) is 3.51. The molecule has 0 radical (unpaired) electrons. The Morgan fingerprint density at radius 1 is 1.32 bits per heavy atom. The number of rotatable bonds is 2. The quantitative estimate of drug-likeness (QED) is 0.908. The van der Waals surface area contributed by atoms with E-state index >= 15 is 0 Å². The van der Waals surface area contributed by atoms with Crippen molar-refractivity contribution in [2.24, 2.45) is 11.8 Å². The maximum atomic E-state index is 11.0. The maximum absolute atomic E-state index is 11.0. The van der Waals surface area contributed by atoms with Crippen LogP contribution in [0, 0.1) is 11.8 Å². The number of halogens is 1. The summed E-state index contributed by atoms with van der Waals surface area (Å²) in [6.07, 6.45) is 6.55. The van der Waals surface area contributed by atoms with E-state index in [0.717, 1.165) is 30.1 Å². The Morgan fingerprint density at radius 2 is 2.05 bits per heavy atom. The Bertz CT molecular complexity index is 491. The van der Waals surface area contributed by atoms with Crippen LogP contribution in [-0.2, 0) is 0 Å². The molecule has 1 aliphatic heterocycles. The lowest BCUT2D eigenvalue weighted by Crippen LogP contribution is -2.41. The zero-order valence-electron chi connectivity index (χ0n) is 10.6. The van der Waals surface area contributed by atoms with E-state index in [1.807, 2.05) is 0 Å². The molecule has 104 valence electrons. The first-order valence-corrected chi connectivity index (χ1v) is 7.99. The Labute approximate surface area is 121 Å². The molecule has 2 heterocycles. The zero-order chi connectivity index (χ0) is 13.4. The molecule has 19 heavy (non-hydrogen) atoms. The Hall–Kier alpha value is -0.810. The van der Waals surface area contributed by atoms with E-state index in [2.05, 4.69) is 9.88 Å². The van der Waals surface area contributed by atoms with Gasteiger partial charge in [0.05, 0.1) is 0 Å². The van der Waals surface area contributed by atoms with E-state index in [1.54, 1.807) is 0 Å². The first-order valence-electron chi connectivity index (χ1n) is 6.79. The van der Waals surface area contributed by atoms with Crippen molar-refractivity contribution in [1.82, 2.24) is 4.98 Å². The lowest BCUT2D eigenvalue weighted by atomic mass is 9.75. The molecule has 3 rings (SSSR count). The fourth-order valence-electron chi connectivity index (χ4n) is 3.33. The first-order chi connectivity index (χ1) is 9.15. The summed E-state index contributed by atoms with van der Waals surface area (Å²) in [5, 5.41) is 9.93. The smallest absolute Gasteiger partial charge is 0.349 e. The standard InChI is InChI=1S/C13H17ClN2O2S/c14-11-10(12(17)18)19-13(15-11)16-6-5-8-3-1-2-4-9(8)7-16/h8-9H,1-7H2,(H,17,18). The van der Waals surface area contributed by atoms with Crippen molar-refractivity contribution in [3.8, 4) is 0 Å². The number of aromatic nitrogens is 1. The molecule has 0 amide bonds. The van der Waals surface area contributed by atoms with Crippen LogP contribution in [0.5, 0.6) is 0 Å². The fourth-order valence-corrected chi connectivity index (χ4v) is 4.49. The van der Waals surface area contributed by atoms with Crippen LogP contribution in [0.15, 0.2) is 0 Å². The van der Waals surface area contributed by atoms with E-state index in [9.17, 15) is 4.79 Å². The summed E-state index contributed by atoms with van der Waals surface area (Å²) in [6.45, 7) is 1.98. The molecular weight excluding hydrogens is 284 g/mol. The third-order valence-corrected chi connectivity index (χ3v) is 5.82. The number of carboxylic acid groups (broad SMARTS) is 1. The second kappa shape index (κ2) is 5.29. The van der Waals surface area contributed by atoms with Crippen molar-refractivity contribution < 1.29 is 9.90 Å². The highest BCUT2D eigenvalue weighted by atomic mass is 35.5. The minimum Gasteiger partial charge on any atom is -0.477 e. The van der Waals surface area contributed by atoms with Gasteiger partial charge in [0.25, 0.3) is 0 Å². The van der Waals surface area contributed by atoms with Crippen molar-refractivity contribution in [2.45, 2.75) is 32.1 Å². The summed E-state index contributed by atoms with van der Waals surface area (Å²) in [6, 6.07) is 0. The second-order valence-electron chi connectivity index (χ2n) is 5.46. The number of fused-ring (bicyclic) bond motifs is 1. The molecule has 0 aromatic carbocycles. The van der Waals surface area contributed by atoms with Gasteiger partial charge in [-0.1, -0.05) is 42.2 Å². The van der Waals surface area contributed by atoms with Gasteiger partial charge in [0.1, 0.15) is 0 Å². The number of carbonyl (C=O) groups is 1. The highest BCUT2D eigenvalue weighted by Gasteiger charge is 2.32. The van der Waals surface area contributed by atoms with Crippen molar-refractivity contribution in [1.29, 1.82) is 0 Å². The second-order valence-corrected chi connectivity index (χ2v) is 6.80. The highest BCUT2D eigenvalue weighted by molar-refractivity contribution is 7.18. The fraction of sp³-hybridized carbons (Fsp3) is 0.692. The Kier molecular flexibility index (Phi) is 3.67. The van der Waals surface area contributed by atoms with Gasteiger partial charge in [-0.05, 0) is 24.7 Å². The van der Waals surface area contributed by atoms with Crippen molar-refractivity contribution in [3.63, 3.8) is 0 Å². The monoisotopic (exact) mass is 300 g/mol. The number of thiazole rings is 1. The molecule has 1 saturated carbocycles. The van der Waals surface area contributed by atoms with Gasteiger partial charge in [-0.15, -0.1) is 0 Å². The van der Waals surface area contributed by atoms with E-state index in [1.165, 1.54) is 43.4 Å². The number of nitrogens with zero attached hydrogens (tertiary/aromatic N) is 2. The number of aromatic carboxylic acids is 1. The molecule has 6 heteroatoms. The largest absolute Gasteiger partial charge is 0.477 e. The van der Waals surface area contributed by atoms with Gasteiger partial charge in [-0.2, -0.15) is 0 Å². The van der Waals surface area contributed by atoms with Gasteiger partial charge in [0.2, 0.25) is 0 Å². The molecule has 1 saturated heterocycles. The molecule has 2 aliphatic rings. The van der Waals surface area contributed by atoms with Gasteiger partial charge in [0.15, 0.2) is 15.2 Å². The van der Waals surface area contributed by atoms with Crippen LogP contribution in [-0.4, -0.2) is 29.1 Å². The molecule has 1 aliphatic carbocycles. The van der Waals surface area contributed by atoms with Crippen LogP contribution < -0.4 is 4.90 Å². The van der Waals surface area contributed by atoms with Gasteiger partial charge in [0, 0.05) is 13.1 Å². The number of piperidine rings is 1. The van der Waals surface area contributed by atoms with Crippen LogP contribution in [0.1, 0.15) is 41.8 Å². The minimum absolute atomic E-state index is 0.123. The number of carboxylic acids is 1. The minimum atomic E-state index is -0.985. The lowest BCUT2D eigenvalue weighted by molar-refractivity contribution is 0.0702. The average molecular weight is 301 g/mol. The van der Waals surface area contributed by atoms with Crippen LogP contribution in [0.2, 0.25) is 5.15 Å². The zero-order valence-corrected chi connectivity index (χ0v) is 12.2. The van der Waals surface area contributed by atoms with E-state index in [-0.39, 0.29) is 10.0 Å². The van der Waals surface area contributed by atoms with Gasteiger partial charge in [-0.3, -0.25) is 0 Å². The molecule has 0 spiro atoms. The molecule has 4 nitrogen and oxygen atoms in total. The molecular formula is C13H17ClN2O2S. The molecule has 2 unspecified atom stereocenters. The van der Waals surface area contributed by atoms with Gasteiger partial charge in [-0.25, -0.2) is 9.78 Å². The third kappa shape index (κ3) is 2.58. The Balaban J connectivity index is 1.76. The van der Waals surface area contributed by atoms with Crippen LogP contribution in [0.25, 0.3) is 0 Å². The SMILES string of the molecule is O=C(O)c1sc(N2CCC3CCCCC3C2)nc1Cl. The lowest BCUT2D eigenvalue weighted by Gasteiger charge is -2.41. The highest BCUT2D eigenvalue weighted by Crippen LogP contribution is 2.39. The summed E-state index contributed by atoms with van der Waals surface area (Å²) in [7, 11) is 0. The number of hydrogen-bond donors (Lipinski definition) is 1. The molecule has 1 aromatic heterocycles. The topological polar surface area (TPSA) is 53.4 Å². The van der Waals surface area contributed by atoms with E-state index in [4.69, 9.17) is 16.7 Å². The Morgan fingerprint density at radius 3 is 2.74 bits per heavy atom. The summed E-state index contributed by atoms with van der Waals surface area (Å²) in [5.74, 6) is 0.624. The van der Waals surface area contributed by atoms with Crippen LogP contribution in [0.4, 0.5) is 5.13 Å². The molecule has 2 atom stereocenters. The van der Waals surface area contributed by atoms with Crippen molar-refractivity contribution >= 4 is 34.0 Å². The summed E-state index contributed by atoms with van der Waals surface area (Å²) in [4.78, 5) is 17.6. The van der Waals surface area contributed by atoms with E-state index in [0.29, 0.717) is 0 Å². The molecule has 2 fully saturated rings. The first kappa shape index (κ1) is 13.2. The third-order valence-electron chi connectivity index (χ3n) is 4.33. The van der Waals surface area contributed by atoms with Crippen molar-refractivity contribution in [3.05, 3.63) is 10.0 Å². The van der Waals surface area contributed by atoms with Gasteiger partial charge < -0.3 is 10.0 Å². The summed E-state index contributed by atoms with van der Waals surface area (Å²) < 4.78 is 0. The predicted molar refractivity (Wildman–Crippen MR) is 76.4 cm³/mol. The number of anilines is 1. The summed E-state index contributed by atoms with van der Waals surface area (Å²) >= 11 is 7.09. The maximum Gasteiger partial charge on any atom is 0.349 e. The average Bonchev–Trinajstić information content (AvgIpc) is 2.80. The summed E-state index contributed by atoms with van der Waals surface area (Å²) in [5.41, 5.74) is 0. The molecule has 0 bridgehead atoms. The van der Waals surface area contributed by atoms with Gasteiger partial charge >= 0.3 is 5.97 Å². The van der Waals surface area contributed by atoms with E-state index < -0.39 is 5.97 Å². The van der Waals surface area contributed by atoms with Crippen LogP contribution in [0.3, 0.4) is 0 Å². The van der Waals surface area contributed by atoms with Crippen molar-refractivity contribution in [2.75, 3.05) is 18.0 Å². The molecule has 1 aromatic rings. The van der Waals surface area contributed by atoms with Crippen LogP contribution >= 0.6 is 22.9 Å².